The molecule has 1 aromatic heterocycles. The van der Waals surface area contributed by atoms with Crippen LogP contribution in [0.2, 0.25) is 0 Å². The maximum absolute atomic E-state index is 11.6. The van der Waals surface area contributed by atoms with Crippen molar-refractivity contribution in [3.63, 3.8) is 0 Å². The van der Waals surface area contributed by atoms with Crippen LogP contribution in [0.15, 0.2) is 33.9 Å². The van der Waals surface area contributed by atoms with Crippen LogP contribution in [0, 0.1) is 11.3 Å². The number of benzene rings is 1. The number of hydrogen-bond acceptors (Lipinski definition) is 5. The fraction of sp³-hybridized carbons (Fsp3) is 0.278. The lowest BCUT2D eigenvalue weighted by Gasteiger charge is -2.14. The van der Waals surface area contributed by atoms with E-state index >= 15 is 0 Å². The molecule has 0 spiro atoms. The molecule has 3 rings (SSSR count). The molecule has 0 radical (unpaired) electrons. The van der Waals surface area contributed by atoms with E-state index in [2.05, 4.69) is 11.1 Å². The molecule has 0 N–H and O–H groups in total. The first-order valence-corrected chi connectivity index (χ1v) is 7.72. The summed E-state index contributed by atoms with van der Waals surface area (Å²) in [4.78, 5) is 17.4. The fourth-order valence-corrected chi connectivity index (χ4v) is 2.82. The summed E-state index contributed by atoms with van der Waals surface area (Å²) in [6.07, 6.45) is 3.60. The Kier molecular flexibility index (Phi) is 4.34. The Morgan fingerprint density at radius 2 is 2.38 bits per heavy atom. The van der Waals surface area contributed by atoms with Gasteiger partial charge in [-0.3, -0.25) is 4.79 Å². The number of furan rings is 1. The maximum atomic E-state index is 11.6. The summed E-state index contributed by atoms with van der Waals surface area (Å²) < 4.78 is 10.4. The van der Waals surface area contributed by atoms with E-state index in [4.69, 9.17) is 9.15 Å². The van der Waals surface area contributed by atoms with Gasteiger partial charge < -0.3 is 14.1 Å². The standard InChI is InChI=1S/C18H17N3O3/c1-3-23-11-20-18-15(9-19)16(10-24-18)13-4-5-17-14(8-13)6-7-21(17)12(2)22/h4-5,8,10-11H,3,6-7H2,1-2H3. The summed E-state index contributed by atoms with van der Waals surface area (Å²) in [6.45, 7) is 4.60. The van der Waals surface area contributed by atoms with E-state index in [1.165, 1.54) is 12.7 Å². The topological polar surface area (TPSA) is 78.8 Å². The molecule has 0 aliphatic carbocycles. The van der Waals surface area contributed by atoms with Crippen LogP contribution in [0.3, 0.4) is 0 Å². The number of aliphatic imine (C=N–C) groups is 1. The highest BCUT2D eigenvalue weighted by molar-refractivity contribution is 5.94. The Hall–Kier alpha value is -3.07. The molecule has 1 aliphatic heterocycles. The van der Waals surface area contributed by atoms with Crippen molar-refractivity contribution in [2.24, 2.45) is 4.99 Å². The van der Waals surface area contributed by atoms with Crippen molar-refractivity contribution in [2.45, 2.75) is 20.3 Å². The molecule has 2 aromatic rings. The van der Waals surface area contributed by atoms with Crippen molar-refractivity contribution in [2.75, 3.05) is 18.1 Å². The Balaban J connectivity index is 1.96. The molecular formula is C18H17N3O3. The number of carbonyl (C=O) groups is 1. The molecule has 0 atom stereocenters. The van der Waals surface area contributed by atoms with Crippen LogP contribution in [-0.2, 0) is 16.0 Å². The van der Waals surface area contributed by atoms with Crippen molar-refractivity contribution in [1.29, 1.82) is 5.26 Å². The summed E-state index contributed by atoms with van der Waals surface area (Å²) in [7, 11) is 0. The predicted octanol–water partition coefficient (Wildman–Crippen LogP) is 3.42. The minimum Gasteiger partial charge on any atom is -0.483 e. The highest BCUT2D eigenvalue weighted by Gasteiger charge is 2.23. The lowest BCUT2D eigenvalue weighted by Crippen LogP contribution is -2.25. The van der Waals surface area contributed by atoms with Gasteiger partial charge in [-0.2, -0.15) is 10.3 Å². The van der Waals surface area contributed by atoms with Crippen molar-refractivity contribution < 1.29 is 13.9 Å². The van der Waals surface area contributed by atoms with Gasteiger partial charge in [0.25, 0.3) is 0 Å². The summed E-state index contributed by atoms with van der Waals surface area (Å²) >= 11 is 0. The second kappa shape index (κ2) is 6.59. The number of carbonyl (C=O) groups excluding carboxylic acids is 1. The van der Waals surface area contributed by atoms with Gasteiger partial charge in [-0.15, -0.1) is 0 Å². The van der Waals surface area contributed by atoms with Crippen LogP contribution in [0.4, 0.5) is 11.6 Å². The average molecular weight is 323 g/mol. The summed E-state index contributed by atoms with van der Waals surface area (Å²) in [6, 6.07) is 7.94. The molecule has 1 aromatic carbocycles. The first-order chi connectivity index (χ1) is 11.7. The third-order valence-corrected chi connectivity index (χ3v) is 3.96. The number of amides is 1. The highest BCUT2D eigenvalue weighted by Crippen LogP contribution is 2.36. The SMILES string of the molecule is CCOC=Nc1occ(-c2ccc3c(c2)CCN3C(C)=O)c1C#N. The van der Waals surface area contributed by atoms with Crippen molar-refractivity contribution in [1.82, 2.24) is 0 Å². The lowest BCUT2D eigenvalue weighted by atomic mass is 10.0. The first kappa shape index (κ1) is 15.8. The number of anilines is 1. The van der Waals surface area contributed by atoms with Crippen LogP contribution < -0.4 is 4.90 Å². The molecular weight excluding hydrogens is 306 g/mol. The Morgan fingerprint density at radius 3 is 3.08 bits per heavy atom. The second-order valence-electron chi connectivity index (χ2n) is 5.40. The van der Waals surface area contributed by atoms with Crippen molar-refractivity contribution in [3.05, 3.63) is 35.6 Å². The Morgan fingerprint density at radius 1 is 1.54 bits per heavy atom. The zero-order valence-electron chi connectivity index (χ0n) is 13.6. The molecule has 0 saturated heterocycles. The molecule has 1 amide bonds. The van der Waals surface area contributed by atoms with Crippen molar-refractivity contribution in [3.8, 4) is 17.2 Å². The lowest BCUT2D eigenvalue weighted by molar-refractivity contribution is -0.116. The van der Waals surface area contributed by atoms with E-state index < -0.39 is 0 Å². The molecule has 1 aliphatic rings. The zero-order valence-corrected chi connectivity index (χ0v) is 13.6. The van der Waals surface area contributed by atoms with Gasteiger partial charge in [0.15, 0.2) is 6.40 Å². The summed E-state index contributed by atoms with van der Waals surface area (Å²) in [5.41, 5.74) is 3.95. The van der Waals surface area contributed by atoms with Gasteiger partial charge in [0.05, 0.1) is 6.61 Å². The minimum atomic E-state index is 0.0371. The molecule has 6 nitrogen and oxygen atoms in total. The number of ether oxygens (including phenoxy) is 1. The van der Waals surface area contributed by atoms with Crippen LogP contribution >= 0.6 is 0 Å². The van der Waals surface area contributed by atoms with Gasteiger partial charge >= 0.3 is 0 Å². The molecule has 0 saturated carbocycles. The normalized spacial score (nSPS) is 13.1. The number of rotatable bonds is 4. The molecule has 122 valence electrons. The molecule has 0 fully saturated rings. The van der Waals surface area contributed by atoms with Gasteiger partial charge in [-0.05, 0) is 36.6 Å². The van der Waals surface area contributed by atoms with E-state index in [-0.39, 0.29) is 11.8 Å². The van der Waals surface area contributed by atoms with Crippen LogP contribution in [0.1, 0.15) is 25.0 Å². The van der Waals surface area contributed by atoms with E-state index in [0.717, 1.165) is 23.2 Å². The molecule has 6 heteroatoms. The third-order valence-electron chi connectivity index (χ3n) is 3.96. The van der Waals surface area contributed by atoms with Crippen molar-refractivity contribution >= 4 is 23.9 Å². The number of fused-ring (bicyclic) bond motifs is 1. The molecule has 24 heavy (non-hydrogen) atoms. The first-order valence-electron chi connectivity index (χ1n) is 7.72. The average Bonchev–Trinajstić information content (AvgIpc) is 3.17. The third kappa shape index (κ3) is 2.76. The van der Waals surface area contributed by atoms with Gasteiger partial charge in [0, 0.05) is 24.7 Å². The zero-order chi connectivity index (χ0) is 17.1. The summed E-state index contributed by atoms with van der Waals surface area (Å²) in [5, 5.41) is 9.44. The highest BCUT2D eigenvalue weighted by atomic mass is 16.5. The van der Waals surface area contributed by atoms with E-state index in [1.54, 1.807) is 11.8 Å². The predicted molar refractivity (Wildman–Crippen MR) is 90.4 cm³/mol. The summed E-state index contributed by atoms with van der Waals surface area (Å²) in [5.74, 6) is 0.266. The van der Waals surface area contributed by atoms with E-state index in [9.17, 15) is 10.1 Å². The molecule has 0 bridgehead atoms. The Labute approximate surface area is 140 Å². The molecule has 0 unspecified atom stereocenters. The largest absolute Gasteiger partial charge is 0.483 e. The van der Waals surface area contributed by atoms with Crippen LogP contribution in [0.5, 0.6) is 0 Å². The van der Waals surface area contributed by atoms with Gasteiger partial charge in [-0.25, -0.2) is 0 Å². The van der Waals surface area contributed by atoms with E-state index in [1.807, 2.05) is 25.1 Å². The Bertz CT molecular complexity index is 846. The fourth-order valence-electron chi connectivity index (χ4n) is 2.82. The number of nitrogens with zero attached hydrogens (tertiary/aromatic N) is 3. The van der Waals surface area contributed by atoms with Gasteiger partial charge in [0.1, 0.15) is 17.9 Å². The quantitative estimate of drug-likeness (QED) is 0.638. The minimum absolute atomic E-state index is 0.0371. The van der Waals surface area contributed by atoms with Crippen LogP contribution in [0.25, 0.3) is 11.1 Å². The monoisotopic (exact) mass is 323 g/mol. The second-order valence-corrected chi connectivity index (χ2v) is 5.40. The smallest absolute Gasteiger partial charge is 0.240 e. The number of nitriles is 1. The maximum Gasteiger partial charge on any atom is 0.240 e. The van der Waals surface area contributed by atoms with Gasteiger partial charge in [-0.1, -0.05) is 6.07 Å². The van der Waals surface area contributed by atoms with Gasteiger partial charge in [0.2, 0.25) is 11.8 Å². The van der Waals surface area contributed by atoms with Crippen LogP contribution in [-0.4, -0.2) is 25.5 Å². The number of hydrogen-bond donors (Lipinski definition) is 0. The molecule has 2 heterocycles. The van der Waals surface area contributed by atoms with E-state index in [0.29, 0.717) is 24.3 Å².